The number of likely N-dealkylation sites (tertiary alicyclic amines) is 2. The van der Waals surface area contributed by atoms with Gasteiger partial charge in [-0.05, 0) is 95.3 Å². The Kier molecular flexibility index (Phi) is 8.31. The van der Waals surface area contributed by atoms with Gasteiger partial charge in [-0.25, -0.2) is 19.6 Å². The number of rotatable bonds is 7. The number of nitrogens with zero attached hydrogens (tertiary/aromatic N) is 6. The topological polar surface area (TPSA) is 121 Å². The van der Waals surface area contributed by atoms with E-state index in [1.54, 1.807) is 9.13 Å². The molecule has 232 valence electrons. The molecule has 2 aromatic carbocycles. The molecule has 1 atom stereocenters. The molecular formula is C33H41N7O4. The maximum Gasteiger partial charge on any atom is 0.410 e. The van der Waals surface area contributed by atoms with Gasteiger partial charge in [0, 0.05) is 26.2 Å². The van der Waals surface area contributed by atoms with Crippen LogP contribution in [0.2, 0.25) is 0 Å². The largest absolute Gasteiger partial charge is 0.457 e. The van der Waals surface area contributed by atoms with Crippen LogP contribution in [0, 0.1) is 5.92 Å². The summed E-state index contributed by atoms with van der Waals surface area (Å²) in [5, 5.41) is 0. The van der Waals surface area contributed by atoms with Gasteiger partial charge in [0.25, 0.3) is 0 Å². The monoisotopic (exact) mass is 599 g/mol. The molecule has 11 nitrogen and oxygen atoms in total. The molecule has 11 heteroatoms. The summed E-state index contributed by atoms with van der Waals surface area (Å²) < 4.78 is 14.9. The summed E-state index contributed by atoms with van der Waals surface area (Å²) in [5.74, 6) is 2.24. The smallest absolute Gasteiger partial charge is 0.410 e. The predicted molar refractivity (Wildman–Crippen MR) is 169 cm³/mol. The molecule has 2 aliphatic heterocycles. The molecule has 0 spiro atoms. The van der Waals surface area contributed by atoms with Crippen molar-refractivity contribution >= 4 is 23.1 Å². The van der Waals surface area contributed by atoms with Crippen LogP contribution >= 0.6 is 0 Å². The number of nitrogens with two attached hydrogens (primary N) is 1. The zero-order valence-electron chi connectivity index (χ0n) is 25.7. The first-order chi connectivity index (χ1) is 21.2. The van der Waals surface area contributed by atoms with Crippen molar-refractivity contribution in [1.82, 2.24) is 28.9 Å². The van der Waals surface area contributed by atoms with Crippen molar-refractivity contribution in [3.63, 3.8) is 0 Å². The number of aromatic nitrogens is 4. The number of fused-ring (bicyclic) bond motifs is 1. The number of imidazole rings is 1. The molecule has 2 aromatic heterocycles. The van der Waals surface area contributed by atoms with Gasteiger partial charge < -0.3 is 25.0 Å². The van der Waals surface area contributed by atoms with E-state index in [0.717, 1.165) is 64.2 Å². The van der Waals surface area contributed by atoms with Crippen LogP contribution in [0.5, 0.6) is 11.5 Å². The summed E-state index contributed by atoms with van der Waals surface area (Å²) in [5.41, 5.74) is 7.42. The third-order valence-corrected chi connectivity index (χ3v) is 8.49. The van der Waals surface area contributed by atoms with E-state index in [1.165, 1.54) is 6.33 Å². The number of ether oxygens (including phenoxy) is 2. The highest BCUT2D eigenvalue weighted by Crippen LogP contribution is 2.30. The van der Waals surface area contributed by atoms with E-state index in [1.807, 2.05) is 80.3 Å². The first kappa shape index (κ1) is 29.7. The lowest BCUT2D eigenvalue weighted by molar-refractivity contribution is 0.0178. The van der Waals surface area contributed by atoms with Gasteiger partial charge in [0.15, 0.2) is 11.5 Å². The number of nitrogen functional groups attached to an aromatic ring is 1. The second-order valence-electron chi connectivity index (χ2n) is 12.8. The van der Waals surface area contributed by atoms with Crippen LogP contribution in [0.3, 0.4) is 0 Å². The van der Waals surface area contributed by atoms with Gasteiger partial charge in [-0.1, -0.05) is 18.2 Å². The number of hydrogen-bond acceptors (Lipinski definition) is 8. The first-order valence-electron chi connectivity index (χ1n) is 15.4. The number of hydrogen-bond donors (Lipinski definition) is 1. The Labute approximate surface area is 257 Å². The lowest BCUT2D eigenvalue weighted by atomic mass is 9.93. The van der Waals surface area contributed by atoms with E-state index < -0.39 is 5.60 Å². The lowest BCUT2D eigenvalue weighted by Crippen LogP contribution is -2.42. The van der Waals surface area contributed by atoms with Crippen molar-refractivity contribution < 1.29 is 14.3 Å². The minimum Gasteiger partial charge on any atom is -0.457 e. The van der Waals surface area contributed by atoms with Crippen LogP contribution in [0.4, 0.5) is 10.6 Å². The molecular weight excluding hydrogens is 558 g/mol. The molecule has 2 aliphatic rings. The molecule has 4 aromatic rings. The number of carbonyl (C=O) groups is 1. The standard InChI is InChI=1S/C33H41N7O4/c1-33(2,3)44-32(42)38-19-14-23(15-20-38)13-17-37-18-16-25(21-37)40-30-28(29(34)35-22-36-30)39(31(40)41)24-9-11-27(12-10-24)43-26-7-5-4-6-8-26/h4-12,22-23,25H,13-21H2,1-3H3,(H2,34,35,36). The van der Waals surface area contributed by atoms with Crippen molar-refractivity contribution in [3.8, 4) is 17.2 Å². The summed E-state index contributed by atoms with van der Waals surface area (Å²) in [6.45, 7) is 9.80. The third-order valence-electron chi connectivity index (χ3n) is 8.49. The number of carbonyl (C=O) groups excluding carboxylic acids is 1. The second kappa shape index (κ2) is 12.3. The molecule has 0 radical (unpaired) electrons. The molecule has 1 amide bonds. The normalized spacial score (nSPS) is 18.2. The lowest BCUT2D eigenvalue weighted by Gasteiger charge is -2.34. The Morgan fingerprint density at radius 3 is 2.36 bits per heavy atom. The van der Waals surface area contributed by atoms with E-state index in [-0.39, 0.29) is 23.6 Å². The molecule has 2 saturated heterocycles. The molecule has 0 saturated carbocycles. The van der Waals surface area contributed by atoms with Crippen molar-refractivity contribution in [2.75, 3.05) is 38.5 Å². The fourth-order valence-corrected chi connectivity index (χ4v) is 6.25. The SMILES string of the molecule is CC(C)(C)OC(=O)N1CCC(CCN2CCC(n3c(=O)n(-c4ccc(Oc5ccccc5)cc4)c4c(N)ncnc43)C2)CC1. The van der Waals surface area contributed by atoms with E-state index in [2.05, 4.69) is 14.9 Å². The molecule has 2 N–H and O–H groups in total. The number of para-hydroxylation sites is 1. The molecule has 44 heavy (non-hydrogen) atoms. The predicted octanol–water partition coefficient (Wildman–Crippen LogP) is 5.24. The summed E-state index contributed by atoms with van der Waals surface area (Å²) in [7, 11) is 0. The highest BCUT2D eigenvalue weighted by Gasteiger charge is 2.31. The van der Waals surface area contributed by atoms with Gasteiger partial charge in [-0.3, -0.25) is 9.13 Å². The maximum absolute atomic E-state index is 14.0. The van der Waals surface area contributed by atoms with Crippen molar-refractivity contribution in [2.45, 2.75) is 58.1 Å². The van der Waals surface area contributed by atoms with Gasteiger partial charge in [-0.15, -0.1) is 0 Å². The van der Waals surface area contributed by atoms with Crippen LogP contribution < -0.4 is 16.2 Å². The van der Waals surface area contributed by atoms with Crippen LogP contribution in [0.25, 0.3) is 16.9 Å². The van der Waals surface area contributed by atoms with Crippen molar-refractivity contribution in [2.24, 2.45) is 5.92 Å². The van der Waals surface area contributed by atoms with Crippen molar-refractivity contribution in [1.29, 1.82) is 0 Å². The van der Waals surface area contributed by atoms with Gasteiger partial charge in [-0.2, -0.15) is 0 Å². The summed E-state index contributed by atoms with van der Waals surface area (Å²) >= 11 is 0. The van der Waals surface area contributed by atoms with Gasteiger partial charge in [0.05, 0.1) is 11.7 Å². The minimum atomic E-state index is -0.478. The number of benzene rings is 2. The van der Waals surface area contributed by atoms with Crippen molar-refractivity contribution in [3.05, 3.63) is 71.4 Å². The van der Waals surface area contributed by atoms with Gasteiger partial charge in [0.2, 0.25) is 0 Å². The van der Waals surface area contributed by atoms with E-state index in [9.17, 15) is 9.59 Å². The summed E-state index contributed by atoms with van der Waals surface area (Å²) in [6, 6.07) is 16.9. The fourth-order valence-electron chi connectivity index (χ4n) is 6.25. The average Bonchev–Trinajstić information content (AvgIpc) is 3.58. The Morgan fingerprint density at radius 1 is 0.955 bits per heavy atom. The molecule has 0 bridgehead atoms. The highest BCUT2D eigenvalue weighted by atomic mass is 16.6. The molecule has 4 heterocycles. The van der Waals surface area contributed by atoms with Gasteiger partial charge >= 0.3 is 11.8 Å². The zero-order valence-corrected chi connectivity index (χ0v) is 25.7. The second-order valence-corrected chi connectivity index (χ2v) is 12.8. The quantitative estimate of drug-likeness (QED) is 0.306. The van der Waals surface area contributed by atoms with E-state index in [0.29, 0.717) is 28.5 Å². The van der Waals surface area contributed by atoms with Gasteiger partial charge in [0.1, 0.15) is 28.9 Å². The molecule has 6 rings (SSSR count). The third kappa shape index (κ3) is 6.42. The Bertz CT molecular complexity index is 1650. The zero-order chi connectivity index (χ0) is 30.8. The summed E-state index contributed by atoms with van der Waals surface area (Å²) in [6.07, 6.45) is 5.08. The fraction of sp³-hybridized carbons (Fsp3) is 0.455. The maximum atomic E-state index is 14.0. The van der Waals surface area contributed by atoms with Crippen LogP contribution in [0.15, 0.2) is 65.7 Å². The van der Waals surface area contributed by atoms with E-state index >= 15 is 0 Å². The van der Waals surface area contributed by atoms with Crippen LogP contribution in [0.1, 0.15) is 52.5 Å². The van der Waals surface area contributed by atoms with Crippen LogP contribution in [-0.4, -0.2) is 73.3 Å². The van der Waals surface area contributed by atoms with E-state index in [4.69, 9.17) is 15.2 Å². The first-order valence-corrected chi connectivity index (χ1v) is 15.4. The average molecular weight is 600 g/mol. The Hall–Kier alpha value is -4.38. The molecule has 1 unspecified atom stereocenters. The Balaban J connectivity index is 1.12. The number of anilines is 1. The number of amides is 1. The number of piperidine rings is 1. The summed E-state index contributed by atoms with van der Waals surface area (Å²) in [4.78, 5) is 39.4. The molecule has 0 aliphatic carbocycles. The Morgan fingerprint density at radius 2 is 1.66 bits per heavy atom. The minimum absolute atomic E-state index is 0.0183. The van der Waals surface area contributed by atoms with Crippen LogP contribution in [-0.2, 0) is 4.74 Å². The highest BCUT2D eigenvalue weighted by molar-refractivity contribution is 5.84. The molecule has 2 fully saturated rings.